The number of carbonyl (C=O) groups is 1. The van der Waals surface area contributed by atoms with Crippen LogP contribution in [-0.2, 0) is 11.3 Å². The Bertz CT molecular complexity index is 485. The highest BCUT2D eigenvalue weighted by Gasteiger charge is 2.31. The first-order valence-electron chi connectivity index (χ1n) is 7.69. The maximum Gasteiger partial charge on any atom is 0.233 e. The summed E-state index contributed by atoms with van der Waals surface area (Å²) in [5, 5.41) is 15.9. The van der Waals surface area contributed by atoms with Gasteiger partial charge in [-0.2, -0.15) is 0 Å². The summed E-state index contributed by atoms with van der Waals surface area (Å²) in [6, 6.07) is 1.16. The lowest BCUT2D eigenvalue weighted by atomic mass is 10.4. The molecule has 0 aromatic carbocycles. The van der Waals surface area contributed by atoms with Crippen molar-refractivity contribution < 1.29 is 4.79 Å². The van der Waals surface area contributed by atoms with Crippen molar-refractivity contribution >= 4 is 17.7 Å². The first-order chi connectivity index (χ1) is 10.3. The van der Waals surface area contributed by atoms with E-state index in [1.54, 1.807) is 4.68 Å². The molecule has 1 heterocycles. The zero-order chi connectivity index (χ0) is 14.7. The van der Waals surface area contributed by atoms with E-state index in [0.29, 0.717) is 17.8 Å². The molecule has 3 rings (SSSR count). The Hall–Kier alpha value is -1.15. The molecule has 0 radical (unpaired) electrons. The maximum atomic E-state index is 12.2. The molecule has 0 spiro atoms. The topological polar surface area (TPSA) is 75.9 Å². The Morgan fingerprint density at radius 2 is 2.24 bits per heavy atom. The van der Waals surface area contributed by atoms with E-state index in [4.69, 9.17) is 0 Å². The molecular weight excluding hydrogens is 288 g/mol. The average Bonchev–Trinajstić information content (AvgIpc) is 3.39. The van der Waals surface area contributed by atoms with Gasteiger partial charge in [-0.1, -0.05) is 11.8 Å². The highest BCUT2D eigenvalue weighted by molar-refractivity contribution is 7.99. The van der Waals surface area contributed by atoms with Crippen molar-refractivity contribution in [2.75, 3.05) is 18.8 Å². The van der Waals surface area contributed by atoms with Gasteiger partial charge in [0.15, 0.2) is 0 Å². The third-order valence-corrected chi connectivity index (χ3v) is 4.75. The number of nitrogens with zero attached hydrogens (tertiary/aromatic N) is 5. The molecule has 2 saturated carbocycles. The predicted octanol–water partition coefficient (Wildman–Crippen LogP) is 0.528. The van der Waals surface area contributed by atoms with E-state index in [-0.39, 0.29) is 5.91 Å². The molecule has 2 fully saturated rings. The van der Waals surface area contributed by atoms with Crippen molar-refractivity contribution in [1.29, 1.82) is 0 Å². The lowest BCUT2D eigenvalue weighted by Crippen LogP contribution is -2.34. The van der Waals surface area contributed by atoms with Gasteiger partial charge in [0, 0.05) is 25.2 Å². The number of amides is 1. The predicted molar refractivity (Wildman–Crippen MR) is 80.0 cm³/mol. The molecule has 0 saturated heterocycles. The van der Waals surface area contributed by atoms with Crippen LogP contribution in [0.15, 0.2) is 5.16 Å². The number of nitrogens with one attached hydrogen (secondary N) is 1. The summed E-state index contributed by atoms with van der Waals surface area (Å²) in [5.41, 5.74) is 0. The summed E-state index contributed by atoms with van der Waals surface area (Å²) in [6.45, 7) is 4.45. The van der Waals surface area contributed by atoms with Gasteiger partial charge in [0.2, 0.25) is 11.1 Å². The largest absolute Gasteiger partial charge is 0.339 e. The Labute approximate surface area is 128 Å². The molecule has 1 N–H and O–H groups in total. The van der Waals surface area contributed by atoms with Gasteiger partial charge in [0.05, 0.1) is 12.3 Å². The van der Waals surface area contributed by atoms with Gasteiger partial charge in [-0.25, -0.2) is 4.68 Å². The quantitative estimate of drug-likeness (QED) is 0.671. The first-order valence-corrected chi connectivity index (χ1v) is 8.68. The van der Waals surface area contributed by atoms with Crippen molar-refractivity contribution in [3.05, 3.63) is 0 Å². The SMILES string of the molecule is CCN(C(=O)CSc1nnnn1CCNC1CC1)C1CC1. The lowest BCUT2D eigenvalue weighted by molar-refractivity contribution is -0.128. The molecule has 7 nitrogen and oxygen atoms in total. The molecule has 0 unspecified atom stereocenters. The summed E-state index contributed by atoms with van der Waals surface area (Å²) < 4.78 is 1.78. The van der Waals surface area contributed by atoms with Crippen LogP contribution < -0.4 is 5.32 Å². The van der Waals surface area contributed by atoms with Crippen LogP contribution in [0.4, 0.5) is 0 Å². The lowest BCUT2D eigenvalue weighted by Gasteiger charge is -2.19. The smallest absolute Gasteiger partial charge is 0.233 e. The van der Waals surface area contributed by atoms with Gasteiger partial charge < -0.3 is 10.2 Å². The molecule has 0 aliphatic heterocycles. The van der Waals surface area contributed by atoms with Crippen LogP contribution in [0.2, 0.25) is 0 Å². The summed E-state index contributed by atoms with van der Waals surface area (Å²) in [6.07, 6.45) is 4.85. The second kappa shape index (κ2) is 6.74. The van der Waals surface area contributed by atoms with Crippen molar-refractivity contribution in [2.45, 2.75) is 56.4 Å². The van der Waals surface area contributed by atoms with E-state index in [9.17, 15) is 4.79 Å². The van der Waals surface area contributed by atoms with Gasteiger partial charge in [-0.3, -0.25) is 4.79 Å². The highest BCUT2D eigenvalue weighted by Crippen LogP contribution is 2.27. The number of aromatic nitrogens is 4. The van der Waals surface area contributed by atoms with Crippen LogP contribution in [0, 0.1) is 0 Å². The number of hydrogen-bond acceptors (Lipinski definition) is 6. The van der Waals surface area contributed by atoms with Gasteiger partial charge in [-0.05, 0) is 43.0 Å². The van der Waals surface area contributed by atoms with E-state index in [2.05, 4.69) is 20.8 Å². The molecular formula is C13H22N6OS. The van der Waals surface area contributed by atoms with Crippen LogP contribution in [0.1, 0.15) is 32.6 Å². The monoisotopic (exact) mass is 310 g/mol. The average molecular weight is 310 g/mol. The molecule has 1 aromatic rings. The third-order valence-electron chi connectivity index (χ3n) is 3.81. The van der Waals surface area contributed by atoms with Gasteiger partial charge >= 0.3 is 0 Å². The molecule has 2 aliphatic carbocycles. The fourth-order valence-corrected chi connectivity index (χ4v) is 3.13. The molecule has 0 bridgehead atoms. The Balaban J connectivity index is 1.45. The van der Waals surface area contributed by atoms with Gasteiger partial charge in [0.1, 0.15) is 0 Å². The van der Waals surface area contributed by atoms with Gasteiger partial charge in [-0.15, -0.1) is 5.10 Å². The number of tetrazole rings is 1. The highest BCUT2D eigenvalue weighted by atomic mass is 32.2. The van der Waals surface area contributed by atoms with Crippen LogP contribution >= 0.6 is 11.8 Å². The molecule has 116 valence electrons. The molecule has 2 aliphatic rings. The van der Waals surface area contributed by atoms with Crippen LogP contribution in [0.5, 0.6) is 0 Å². The van der Waals surface area contributed by atoms with Crippen molar-refractivity contribution in [3.8, 4) is 0 Å². The Morgan fingerprint density at radius 3 is 2.90 bits per heavy atom. The Kier molecular flexibility index (Phi) is 4.74. The van der Waals surface area contributed by atoms with E-state index >= 15 is 0 Å². The summed E-state index contributed by atoms with van der Waals surface area (Å²) >= 11 is 1.43. The number of carbonyl (C=O) groups excluding carboxylic acids is 1. The molecule has 1 amide bonds. The van der Waals surface area contributed by atoms with Crippen molar-refractivity contribution in [1.82, 2.24) is 30.4 Å². The normalized spacial score (nSPS) is 18.0. The van der Waals surface area contributed by atoms with Crippen LogP contribution in [0.3, 0.4) is 0 Å². The van der Waals surface area contributed by atoms with Crippen LogP contribution in [-0.4, -0.2) is 61.9 Å². The second-order valence-corrected chi connectivity index (χ2v) is 6.56. The zero-order valence-electron chi connectivity index (χ0n) is 12.4. The van der Waals surface area contributed by atoms with Gasteiger partial charge in [0.25, 0.3) is 0 Å². The van der Waals surface area contributed by atoms with E-state index < -0.39 is 0 Å². The zero-order valence-corrected chi connectivity index (χ0v) is 13.2. The third kappa shape index (κ3) is 4.16. The molecule has 0 atom stereocenters. The fourth-order valence-electron chi connectivity index (χ4n) is 2.34. The molecule has 21 heavy (non-hydrogen) atoms. The summed E-state index contributed by atoms with van der Waals surface area (Å²) in [7, 11) is 0. The minimum absolute atomic E-state index is 0.190. The number of hydrogen-bond donors (Lipinski definition) is 1. The fraction of sp³-hybridized carbons (Fsp3) is 0.846. The van der Waals surface area contributed by atoms with Crippen molar-refractivity contribution in [3.63, 3.8) is 0 Å². The minimum Gasteiger partial charge on any atom is -0.339 e. The maximum absolute atomic E-state index is 12.2. The minimum atomic E-state index is 0.190. The van der Waals surface area contributed by atoms with Crippen LogP contribution in [0.25, 0.3) is 0 Å². The second-order valence-electron chi connectivity index (χ2n) is 5.61. The summed E-state index contributed by atoms with van der Waals surface area (Å²) in [4.78, 5) is 14.2. The first kappa shape index (κ1) is 14.8. The molecule has 8 heteroatoms. The van der Waals surface area contributed by atoms with Crippen molar-refractivity contribution in [2.24, 2.45) is 0 Å². The number of rotatable bonds is 9. The Morgan fingerprint density at radius 1 is 1.43 bits per heavy atom. The standard InChI is InChI=1S/C13H22N6OS/c1-2-18(11-5-6-11)12(20)9-21-13-15-16-17-19(13)8-7-14-10-3-4-10/h10-11,14H,2-9H2,1H3. The van der Waals surface area contributed by atoms with E-state index in [1.165, 1.54) is 24.6 Å². The van der Waals surface area contributed by atoms with E-state index in [0.717, 1.165) is 37.6 Å². The van der Waals surface area contributed by atoms with E-state index in [1.807, 2.05) is 11.8 Å². The molecule has 1 aromatic heterocycles. The number of thioether (sulfide) groups is 1. The summed E-state index contributed by atoms with van der Waals surface area (Å²) in [5.74, 6) is 0.608.